The fraction of sp³-hybridized carbons (Fsp3) is 0.107. The Bertz CT molecular complexity index is 1530. The van der Waals surface area contributed by atoms with E-state index in [9.17, 15) is 4.79 Å². The van der Waals surface area contributed by atoms with Crippen molar-refractivity contribution in [3.05, 3.63) is 112 Å². The molecule has 5 rings (SSSR count). The third kappa shape index (κ3) is 5.79. The van der Waals surface area contributed by atoms with Gasteiger partial charge in [0.25, 0.3) is 5.91 Å². The second kappa shape index (κ2) is 11.1. The fourth-order valence-electron chi connectivity index (χ4n) is 3.93. The number of hydrogen-bond acceptors (Lipinski definition) is 6. The number of rotatable bonds is 7. The highest BCUT2D eigenvalue weighted by Gasteiger charge is 2.22. The van der Waals surface area contributed by atoms with Crippen LogP contribution in [0.2, 0.25) is 0 Å². The lowest BCUT2D eigenvalue weighted by molar-refractivity contribution is 0.102. The van der Waals surface area contributed by atoms with Gasteiger partial charge in [0.15, 0.2) is 10.9 Å². The normalized spacial score (nSPS) is 10.9. The summed E-state index contributed by atoms with van der Waals surface area (Å²) < 4.78 is 2.64. The van der Waals surface area contributed by atoms with E-state index in [2.05, 4.69) is 41.5 Å². The van der Waals surface area contributed by atoms with Crippen molar-refractivity contribution in [3.8, 4) is 16.8 Å². The van der Waals surface area contributed by atoms with E-state index >= 15 is 0 Å². The molecule has 0 bridgehead atoms. The minimum atomic E-state index is -0.330. The van der Waals surface area contributed by atoms with Crippen molar-refractivity contribution in [3.63, 3.8) is 0 Å². The number of aromatic nitrogens is 5. The maximum absolute atomic E-state index is 13.6. The van der Waals surface area contributed by atoms with Crippen molar-refractivity contribution >= 4 is 39.3 Å². The molecule has 9 heteroatoms. The molecule has 0 saturated carbocycles. The van der Waals surface area contributed by atoms with Crippen molar-refractivity contribution in [2.24, 2.45) is 0 Å². The van der Waals surface area contributed by atoms with Crippen LogP contribution < -0.4 is 5.32 Å². The summed E-state index contributed by atoms with van der Waals surface area (Å²) in [5.41, 5.74) is 6.14. The second-order valence-electron chi connectivity index (χ2n) is 8.36. The summed E-state index contributed by atoms with van der Waals surface area (Å²) in [5, 5.41) is 12.3. The molecule has 0 radical (unpaired) electrons. The largest absolute Gasteiger partial charge is 0.320 e. The van der Waals surface area contributed by atoms with Gasteiger partial charge in [0.2, 0.25) is 0 Å². The molecule has 0 aliphatic carbocycles. The van der Waals surface area contributed by atoms with Crippen LogP contribution in [0.1, 0.15) is 27.6 Å². The topological polar surface area (TPSA) is 85.6 Å². The quantitative estimate of drug-likeness (QED) is 0.174. The maximum Gasteiger partial charge on any atom is 0.278 e. The Morgan fingerprint density at radius 3 is 2.32 bits per heavy atom. The SMILES string of the molecule is Cc1cc(C)nc(SCc2c(C(=O)Nc3ccccc3-c3ccccc3)nnn2-c2ccc(Br)cc2)n1. The fourth-order valence-corrected chi connectivity index (χ4v) is 5.14. The molecule has 3 aromatic carbocycles. The standard InChI is InChI=1S/C28H23BrN6OS/c1-18-16-19(2)31-28(30-18)37-17-25-26(33-34-35(25)22-14-12-21(29)13-15-22)27(36)32-24-11-7-6-10-23(24)20-8-4-3-5-9-20/h3-16H,17H2,1-2H3,(H,32,36). The van der Waals surface area contributed by atoms with Gasteiger partial charge in [-0.1, -0.05) is 81.4 Å². The molecule has 0 spiro atoms. The van der Waals surface area contributed by atoms with Gasteiger partial charge in [-0.05, 0) is 55.8 Å². The molecule has 0 aliphatic rings. The lowest BCUT2D eigenvalue weighted by Gasteiger charge is -2.12. The van der Waals surface area contributed by atoms with E-state index in [1.165, 1.54) is 11.8 Å². The number of carbonyl (C=O) groups is 1. The average molecular weight is 572 g/mol. The third-order valence-electron chi connectivity index (χ3n) is 5.61. The van der Waals surface area contributed by atoms with Crippen molar-refractivity contribution < 1.29 is 4.79 Å². The Labute approximate surface area is 227 Å². The molecule has 1 amide bonds. The summed E-state index contributed by atoms with van der Waals surface area (Å²) in [6.45, 7) is 3.88. The van der Waals surface area contributed by atoms with Crippen molar-refractivity contribution in [1.82, 2.24) is 25.0 Å². The molecule has 0 fully saturated rings. The molecule has 0 atom stereocenters. The Hall–Kier alpha value is -3.82. The minimum Gasteiger partial charge on any atom is -0.320 e. The zero-order valence-electron chi connectivity index (χ0n) is 20.2. The van der Waals surface area contributed by atoms with Crippen LogP contribution in [0.5, 0.6) is 0 Å². The van der Waals surface area contributed by atoms with Crippen LogP contribution >= 0.6 is 27.7 Å². The Morgan fingerprint density at radius 2 is 1.59 bits per heavy atom. The number of amides is 1. The molecule has 0 saturated heterocycles. The third-order valence-corrected chi connectivity index (χ3v) is 7.00. The van der Waals surface area contributed by atoms with Crippen LogP contribution in [0, 0.1) is 13.8 Å². The first kappa shape index (κ1) is 24.9. The lowest BCUT2D eigenvalue weighted by Crippen LogP contribution is -2.16. The van der Waals surface area contributed by atoms with Crippen molar-refractivity contribution in [1.29, 1.82) is 0 Å². The lowest BCUT2D eigenvalue weighted by atomic mass is 10.0. The minimum absolute atomic E-state index is 0.252. The predicted molar refractivity (Wildman–Crippen MR) is 150 cm³/mol. The summed E-state index contributed by atoms with van der Waals surface area (Å²) in [5.74, 6) is 0.0818. The molecule has 0 unspecified atom stereocenters. The number of para-hydroxylation sites is 1. The predicted octanol–water partition coefficient (Wildman–Crippen LogP) is 6.65. The van der Waals surface area contributed by atoms with E-state index in [1.807, 2.05) is 98.8 Å². The monoisotopic (exact) mass is 570 g/mol. The first-order valence-electron chi connectivity index (χ1n) is 11.6. The Balaban J connectivity index is 1.49. The summed E-state index contributed by atoms with van der Waals surface area (Å²) in [6, 6.07) is 27.3. The van der Waals surface area contributed by atoms with Gasteiger partial charge >= 0.3 is 0 Å². The van der Waals surface area contributed by atoms with Crippen molar-refractivity contribution in [2.45, 2.75) is 24.8 Å². The number of anilines is 1. The first-order valence-corrected chi connectivity index (χ1v) is 13.4. The highest BCUT2D eigenvalue weighted by atomic mass is 79.9. The van der Waals surface area contributed by atoms with Gasteiger partial charge in [-0.2, -0.15) is 0 Å². The number of nitrogens with zero attached hydrogens (tertiary/aromatic N) is 5. The molecule has 184 valence electrons. The highest BCUT2D eigenvalue weighted by Crippen LogP contribution is 2.29. The van der Waals surface area contributed by atoms with Gasteiger partial charge in [0, 0.05) is 32.9 Å². The van der Waals surface area contributed by atoms with Crippen LogP contribution in [0.3, 0.4) is 0 Å². The van der Waals surface area contributed by atoms with Crippen LogP contribution in [0.4, 0.5) is 5.69 Å². The van der Waals surface area contributed by atoms with Crippen LogP contribution in [0.15, 0.2) is 94.6 Å². The molecule has 2 heterocycles. The molecule has 1 N–H and O–H groups in total. The number of hydrogen-bond donors (Lipinski definition) is 1. The van der Waals surface area contributed by atoms with Gasteiger partial charge in [0.05, 0.1) is 11.4 Å². The van der Waals surface area contributed by atoms with Crippen molar-refractivity contribution in [2.75, 3.05) is 5.32 Å². The Morgan fingerprint density at radius 1 is 0.919 bits per heavy atom. The van der Waals surface area contributed by atoms with Crippen LogP contribution in [-0.2, 0) is 5.75 Å². The highest BCUT2D eigenvalue weighted by molar-refractivity contribution is 9.10. The molecule has 37 heavy (non-hydrogen) atoms. The first-order chi connectivity index (χ1) is 18.0. The zero-order chi connectivity index (χ0) is 25.8. The van der Waals surface area contributed by atoms with E-state index in [0.29, 0.717) is 22.3 Å². The summed E-state index contributed by atoms with van der Waals surface area (Å²) in [4.78, 5) is 22.6. The van der Waals surface area contributed by atoms with E-state index in [0.717, 1.165) is 32.7 Å². The second-order valence-corrected chi connectivity index (χ2v) is 10.2. The molecule has 0 aliphatic heterocycles. The van der Waals surface area contributed by atoms with E-state index < -0.39 is 0 Å². The maximum atomic E-state index is 13.6. The summed E-state index contributed by atoms with van der Waals surface area (Å²) in [7, 11) is 0. The van der Waals surface area contributed by atoms with Gasteiger partial charge in [-0.15, -0.1) is 5.10 Å². The summed E-state index contributed by atoms with van der Waals surface area (Å²) in [6.07, 6.45) is 0. The number of halogens is 1. The number of nitrogens with one attached hydrogen (secondary N) is 1. The number of thioether (sulfide) groups is 1. The van der Waals surface area contributed by atoms with Gasteiger partial charge in [0.1, 0.15) is 0 Å². The molecule has 2 aromatic heterocycles. The molecule has 5 aromatic rings. The zero-order valence-corrected chi connectivity index (χ0v) is 22.6. The van der Waals surface area contributed by atoms with Gasteiger partial charge in [-0.3, -0.25) is 4.79 Å². The van der Waals surface area contributed by atoms with Gasteiger partial charge in [-0.25, -0.2) is 14.6 Å². The molecular weight excluding hydrogens is 548 g/mol. The van der Waals surface area contributed by atoms with E-state index in [-0.39, 0.29) is 11.6 Å². The number of aryl methyl sites for hydroxylation is 2. The van der Waals surface area contributed by atoms with Gasteiger partial charge < -0.3 is 5.32 Å². The van der Waals surface area contributed by atoms with Crippen LogP contribution in [-0.4, -0.2) is 30.9 Å². The van der Waals surface area contributed by atoms with E-state index in [4.69, 9.17) is 0 Å². The number of carbonyl (C=O) groups excluding carboxylic acids is 1. The molecular formula is C28H23BrN6OS. The smallest absolute Gasteiger partial charge is 0.278 e. The van der Waals surface area contributed by atoms with Crippen LogP contribution in [0.25, 0.3) is 16.8 Å². The number of benzene rings is 3. The van der Waals surface area contributed by atoms with E-state index in [1.54, 1.807) is 4.68 Å². The molecule has 7 nitrogen and oxygen atoms in total. The Kier molecular flexibility index (Phi) is 7.43. The summed E-state index contributed by atoms with van der Waals surface area (Å²) >= 11 is 4.92. The average Bonchev–Trinajstić information content (AvgIpc) is 3.32.